The lowest BCUT2D eigenvalue weighted by molar-refractivity contribution is -0.0120. The van der Waals surface area contributed by atoms with Crippen LogP contribution in [0.2, 0.25) is 0 Å². The van der Waals surface area contributed by atoms with Crippen LogP contribution in [-0.2, 0) is 4.74 Å². The van der Waals surface area contributed by atoms with E-state index in [0.717, 1.165) is 25.0 Å². The fourth-order valence-electron chi connectivity index (χ4n) is 2.31. The third-order valence-corrected chi connectivity index (χ3v) is 3.43. The van der Waals surface area contributed by atoms with Gasteiger partial charge in [-0.25, -0.2) is 8.78 Å². The molecule has 1 saturated carbocycles. The van der Waals surface area contributed by atoms with Crippen molar-refractivity contribution in [2.45, 2.75) is 44.9 Å². The molecule has 0 aromatic heterocycles. The number of hydrogen-bond acceptors (Lipinski definition) is 2. The van der Waals surface area contributed by atoms with Gasteiger partial charge in [-0.2, -0.15) is 0 Å². The minimum atomic E-state index is -0.800. The second-order valence-electron chi connectivity index (χ2n) is 4.81. The smallest absolute Gasteiger partial charge is 0.159 e. The Morgan fingerprint density at radius 3 is 2.67 bits per heavy atom. The van der Waals surface area contributed by atoms with Gasteiger partial charge in [-0.05, 0) is 44.4 Å². The zero-order valence-corrected chi connectivity index (χ0v) is 10.7. The number of nitrogens with one attached hydrogen (secondary N) is 1. The molecule has 1 N–H and O–H groups in total. The molecular weight excluding hydrogens is 236 g/mol. The Hall–Kier alpha value is -1.00. The van der Waals surface area contributed by atoms with Crippen molar-refractivity contribution >= 4 is 0 Å². The van der Waals surface area contributed by atoms with Gasteiger partial charge in [-0.15, -0.1) is 0 Å². The molecule has 0 bridgehead atoms. The van der Waals surface area contributed by atoms with E-state index in [0.29, 0.717) is 12.1 Å². The molecule has 0 amide bonds. The van der Waals surface area contributed by atoms with Gasteiger partial charge < -0.3 is 10.1 Å². The molecule has 1 aliphatic rings. The summed E-state index contributed by atoms with van der Waals surface area (Å²) in [5.41, 5.74) is 0.772. The first kappa shape index (κ1) is 13.4. The Balaban J connectivity index is 1.85. The van der Waals surface area contributed by atoms with Crippen molar-refractivity contribution in [3.63, 3.8) is 0 Å². The second kappa shape index (κ2) is 5.76. The number of rotatable bonds is 5. The van der Waals surface area contributed by atoms with E-state index in [1.807, 2.05) is 13.8 Å². The molecule has 0 heterocycles. The van der Waals surface area contributed by atoms with E-state index in [9.17, 15) is 8.78 Å². The fourth-order valence-corrected chi connectivity index (χ4v) is 2.31. The monoisotopic (exact) mass is 255 g/mol. The fraction of sp³-hybridized carbons (Fsp3) is 0.571. The summed E-state index contributed by atoms with van der Waals surface area (Å²) in [4.78, 5) is 0. The average molecular weight is 255 g/mol. The van der Waals surface area contributed by atoms with Crippen molar-refractivity contribution in [3.05, 3.63) is 35.4 Å². The summed E-state index contributed by atoms with van der Waals surface area (Å²) in [6.07, 6.45) is 2.33. The summed E-state index contributed by atoms with van der Waals surface area (Å²) in [6, 6.07) is 4.48. The van der Waals surface area contributed by atoms with E-state index >= 15 is 0 Å². The zero-order chi connectivity index (χ0) is 13.1. The summed E-state index contributed by atoms with van der Waals surface area (Å²) in [5.74, 6) is -1.59. The number of ether oxygens (including phenoxy) is 1. The van der Waals surface area contributed by atoms with Crippen molar-refractivity contribution in [1.29, 1.82) is 0 Å². The lowest BCUT2D eigenvalue weighted by atomic mass is 9.88. The SMILES string of the molecule is CCOC1CC(NC(C)c2ccc(F)c(F)c2)C1. The zero-order valence-electron chi connectivity index (χ0n) is 10.7. The molecule has 1 unspecified atom stereocenters. The third kappa shape index (κ3) is 3.06. The summed E-state index contributed by atoms with van der Waals surface area (Å²) in [7, 11) is 0. The quantitative estimate of drug-likeness (QED) is 0.872. The first-order valence-electron chi connectivity index (χ1n) is 6.42. The van der Waals surface area contributed by atoms with Gasteiger partial charge in [-0.3, -0.25) is 0 Å². The van der Waals surface area contributed by atoms with Crippen LogP contribution in [0.15, 0.2) is 18.2 Å². The highest BCUT2D eigenvalue weighted by Crippen LogP contribution is 2.26. The first-order chi connectivity index (χ1) is 8.60. The van der Waals surface area contributed by atoms with Crippen LogP contribution in [0.4, 0.5) is 8.78 Å². The normalized spacial score (nSPS) is 24.7. The van der Waals surface area contributed by atoms with E-state index in [-0.39, 0.29) is 6.04 Å². The topological polar surface area (TPSA) is 21.3 Å². The van der Waals surface area contributed by atoms with Gasteiger partial charge in [0.15, 0.2) is 11.6 Å². The second-order valence-corrected chi connectivity index (χ2v) is 4.81. The van der Waals surface area contributed by atoms with Crippen LogP contribution in [0.25, 0.3) is 0 Å². The first-order valence-corrected chi connectivity index (χ1v) is 6.42. The molecule has 100 valence electrons. The maximum absolute atomic E-state index is 13.1. The molecule has 4 heteroatoms. The maximum Gasteiger partial charge on any atom is 0.159 e. The molecule has 1 aliphatic carbocycles. The molecule has 0 aliphatic heterocycles. The predicted molar refractivity (Wildman–Crippen MR) is 66.3 cm³/mol. The molecule has 1 atom stereocenters. The Morgan fingerprint density at radius 2 is 2.06 bits per heavy atom. The van der Waals surface area contributed by atoms with Crippen molar-refractivity contribution in [1.82, 2.24) is 5.32 Å². The number of hydrogen-bond donors (Lipinski definition) is 1. The van der Waals surface area contributed by atoms with E-state index in [1.165, 1.54) is 12.1 Å². The summed E-state index contributed by atoms with van der Waals surface area (Å²) < 4.78 is 31.4. The molecule has 1 aromatic carbocycles. The van der Waals surface area contributed by atoms with Crippen molar-refractivity contribution < 1.29 is 13.5 Å². The average Bonchev–Trinajstić information content (AvgIpc) is 2.30. The van der Waals surface area contributed by atoms with Crippen LogP contribution in [0, 0.1) is 11.6 Å². The van der Waals surface area contributed by atoms with Crippen LogP contribution in [-0.4, -0.2) is 18.8 Å². The number of benzene rings is 1. The van der Waals surface area contributed by atoms with Gasteiger partial charge in [0.25, 0.3) is 0 Å². The Kier molecular flexibility index (Phi) is 4.30. The van der Waals surface area contributed by atoms with Crippen LogP contribution in [0.5, 0.6) is 0 Å². The highest BCUT2D eigenvalue weighted by atomic mass is 19.2. The van der Waals surface area contributed by atoms with Crippen molar-refractivity contribution in [3.8, 4) is 0 Å². The van der Waals surface area contributed by atoms with E-state index in [2.05, 4.69) is 5.32 Å². The minimum Gasteiger partial charge on any atom is -0.378 e. The summed E-state index contributed by atoms with van der Waals surface area (Å²) in [5, 5.41) is 3.40. The van der Waals surface area contributed by atoms with E-state index in [1.54, 1.807) is 6.07 Å². The molecular formula is C14H19F2NO. The van der Waals surface area contributed by atoms with E-state index < -0.39 is 11.6 Å². The standard InChI is InChI=1S/C14H19F2NO/c1-3-18-12-7-11(8-12)17-9(2)10-4-5-13(15)14(16)6-10/h4-6,9,11-12,17H,3,7-8H2,1-2H3. The molecule has 2 rings (SSSR count). The van der Waals surface area contributed by atoms with Crippen LogP contribution >= 0.6 is 0 Å². The van der Waals surface area contributed by atoms with Gasteiger partial charge >= 0.3 is 0 Å². The largest absolute Gasteiger partial charge is 0.378 e. The third-order valence-electron chi connectivity index (χ3n) is 3.43. The molecule has 18 heavy (non-hydrogen) atoms. The Bertz CT molecular complexity index is 405. The van der Waals surface area contributed by atoms with Crippen molar-refractivity contribution in [2.75, 3.05) is 6.61 Å². The van der Waals surface area contributed by atoms with Gasteiger partial charge in [-0.1, -0.05) is 6.07 Å². The van der Waals surface area contributed by atoms with Crippen LogP contribution in [0.3, 0.4) is 0 Å². The predicted octanol–water partition coefficient (Wildman–Crippen LogP) is 3.18. The summed E-state index contributed by atoms with van der Waals surface area (Å²) in [6.45, 7) is 4.70. The van der Waals surface area contributed by atoms with Crippen molar-refractivity contribution in [2.24, 2.45) is 0 Å². The maximum atomic E-state index is 13.1. The summed E-state index contributed by atoms with van der Waals surface area (Å²) >= 11 is 0. The molecule has 0 spiro atoms. The highest BCUT2D eigenvalue weighted by molar-refractivity contribution is 5.21. The Labute approximate surface area is 106 Å². The molecule has 0 saturated heterocycles. The van der Waals surface area contributed by atoms with Gasteiger partial charge in [0.2, 0.25) is 0 Å². The molecule has 0 radical (unpaired) electrons. The van der Waals surface area contributed by atoms with Gasteiger partial charge in [0.05, 0.1) is 6.10 Å². The van der Waals surface area contributed by atoms with Crippen LogP contribution in [0.1, 0.15) is 38.3 Å². The lowest BCUT2D eigenvalue weighted by Crippen LogP contribution is -2.46. The highest BCUT2D eigenvalue weighted by Gasteiger charge is 2.30. The van der Waals surface area contributed by atoms with Crippen LogP contribution < -0.4 is 5.32 Å². The Morgan fingerprint density at radius 1 is 1.33 bits per heavy atom. The number of halogens is 2. The van der Waals surface area contributed by atoms with Gasteiger partial charge in [0.1, 0.15) is 0 Å². The lowest BCUT2D eigenvalue weighted by Gasteiger charge is -2.37. The molecule has 2 nitrogen and oxygen atoms in total. The molecule has 1 fully saturated rings. The molecule has 1 aromatic rings. The van der Waals surface area contributed by atoms with Gasteiger partial charge in [0, 0.05) is 18.7 Å². The van der Waals surface area contributed by atoms with E-state index in [4.69, 9.17) is 4.74 Å². The minimum absolute atomic E-state index is 0.0210.